The summed E-state index contributed by atoms with van der Waals surface area (Å²) in [7, 11) is 0. The molecule has 1 aromatic heterocycles. The summed E-state index contributed by atoms with van der Waals surface area (Å²) in [6.45, 7) is 11.8. The number of nitrogens with one attached hydrogen (secondary N) is 1. The maximum Gasteiger partial charge on any atom is 0.228 e. The number of aromatic nitrogens is 2. The van der Waals surface area contributed by atoms with Gasteiger partial charge in [0.05, 0.1) is 18.3 Å². The van der Waals surface area contributed by atoms with Gasteiger partial charge in [0, 0.05) is 55.7 Å². The zero-order chi connectivity index (χ0) is 27.2. The van der Waals surface area contributed by atoms with E-state index < -0.39 is 0 Å². The first-order chi connectivity index (χ1) is 18.0. The Balaban J connectivity index is 1.27. The molecule has 2 fully saturated rings. The number of rotatable bonds is 6. The molecule has 2 unspecified atom stereocenters. The molecular weight excluding hydrogens is 481 g/mol. The van der Waals surface area contributed by atoms with Gasteiger partial charge in [-0.15, -0.1) is 0 Å². The first kappa shape index (κ1) is 26.9. The molecule has 3 aliphatic rings. The molecule has 1 aromatic carbocycles. The molecular formula is C30H42FN5O2. The molecule has 206 valence electrons. The predicted octanol–water partition coefficient (Wildman–Crippen LogP) is 4.70. The summed E-state index contributed by atoms with van der Waals surface area (Å²) < 4.78 is 16.4. The zero-order valence-corrected chi connectivity index (χ0v) is 23.5. The van der Waals surface area contributed by atoms with Crippen molar-refractivity contribution in [2.45, 2.75) is 104 Å². The normalized spacial score (nSPS) is 24.3. The molecule has 2 amide bonds. The van der Waals surface area contributed by atoms with Gasteiger partial charge in [0.2, 0.25) is 11.8 Å². The first-order valence-corrected chi connectivity index (χ1v) is 14.2. The highest BCUT2D eigenvalue weighted by atomic mass is 19.1. The maximum atomic E-state index is 13.9. The second-order valence-electron chi connectivity index (χ2n) is 12.5. The zero-order valence-electron chi connectivity index (χ0n) is 23.5. The summed E-state index contributed by atoms with van der Waals surface area (Å²) in [5.41, 5.74) is 2.82. The van der Waals surface area contributed by atoms with Gasteiger partial charge in [0.15, 0.2) is 0 Å². The predicted molar refractivity (Wildman–Crippen MR) is 145 cm³/mol. The van der Waals surface area contributed by atoms with E-state index in [9.17, 15) is 14.0 Å². The molecule has 0 saturated carbocycles. The first-order valence-electron chi connectivity index (χ1n) is 14.2. The number of benzene rings is 1. The van der Waals surface area contributed by atoms with Gasteiger partial charge in [-0.25, -0.2) is 9.37 Å². The lowest BCUT2D eigenvalue weighted by atomic mass is 9.93. The van der Waals surface area contributed by atoms with Crippen LogP contribution >= 0.6 is 0 Å². The van der Waals surface area contributed by atoms with Crippen LogP contribution in [0.25, 0.3) is 0 Å². The summed E-state index contributed by atoms with van der Waals surface area (Å²) in [6, 6.07) is 7.82. The summed E-state index contributed by atoms with van der Waals surface area (Å²) in [5, 5.41) is 3.03. The number of halogens is 1. The number of carbonyl (C=O) groups excluding carboxylic acids is 2. The average Bonchev–Trinajstić information content (AvgIpc) is 3.30. The summed E-state index contributed by atoms with van der Waals surface area (Å²) in [6.07, 6.45) is 6.19. The van der Waals surface area contributed by atoms with Crippen LogP contribution in [0.1, 0.15) is 94.7 Å². The van der Waals surface area contributed by atoms with Crippen LogP contribution in [0.2, 0.25) is 0 Å². The van der Waals surface area contributed by atoms with Crippen LogP contribution in [-0.4, -0.2) is 56.3 Å². The Kier molecular flexibility index (Phi) is 7.37. The van der Waals surface area contributed by atoms with Gasteiger partial charge in [-0.05, 0) is 56.7 Å². The molecule has 0 aliphatic carbocycles. The molecule has 2 bridgehead atoms. The molecule has 2 aromatic rings. The average molecular weight is 524 g/mol. The van der Waals surface area contributed by atoms with Gasteiger partial charge in [-0.2, -0.15) is 0 Å². The molecule has 3 aliphatic heterocycles. The van der Waals surface area contributed by atoms with E-state index in [1.807, 2.05) is 31.7 Å². The van der Waals surface area contributed by atoms with Crippen molar-refractivity contribution in [2.75, 3.05) is 13.1 Å². The second-order valence-corrected chi connectivity index (χ2v) is 12.5. The van der Waals surface area contributed by atoms with Crippen LogP contribution < -0.4 is 5.32 Å². The number of nitrogens with zero attached hydrogens (tertiary/aromatic N) is 4. The third-order valence-electron chi connectivity index (χ3n) is 8.69. The van der Waals surface area contributed by atoms with Crippen LogP contribution in [0.3, 0.4) is 0 Å². The van der Waals surface area contributed by atoms with E-state index in [1.54, 1.807) is 6.07 Å². The van der Waals surface area contributed by atoms with Crippen molar-refractivity contribution >= 4 is 11.8 Å². The minimum Gasteiger partial charge on any atom is -0.349 e. The van der Waals surface area contributed by atoms with Crippen molar-refractivity contribution in [1.29, 1.82) is 0 Å². The summed E-state index contributed by atoms with van der Waals surface area (Å²) >= 11 is 0. The summed E-state index contributed by atoms with van der Waals surface area (Å²) in [5.74, 6) is 0.889. The van der Waals surface area contributed by atoms with Crippen LogP contribution in [0.5, 0.6) is 0 Å². The Morgan fingerprint density at radius 3 is 2.50 bits per heavy atom. The quantitative estimate of drug-likeness (QED) is 0.596. The van der Waals surface area contributed by atoms with E-state index in [0.717, 1.165) is 55.9 Å². The number of aryl methyl sites for hydroxylation is 1. The minimum absolute atomic E-state index is 0.0935. The number of imidazole rings is 1. The second kappa shape index (κ2) is 10.4. The van der Waals surface area contributed by atoms with Crippen molar-refractivity contribution < 1.29 is 14.0 Å². The Labute approximate surface area is 225 Å². The van der Waals surface area contributed by atoms with Crippen LogP contribution in [0.4, 0.5) is 4.39 Å². The van der Waals surface area contributed by atoms with Crippen LogP contribution in [-0.2, 0) is 22.6 Å². The molecule has 1 N–H and O–H groups in total. The van der Waals surface area contributed by atoms with E-state index in [0.29, 0.717) is 24.7 Å². The van der Waals surface area contributed by atoms with Crippen molar-refractivity contribution in [3.05, 3.63) is 52.9 Å². The minimum atomic E-state index is -0.380. The fourth-order valence-corrected chi connectivity index (χ4v) is 7.06. The van der Waals surface area contributed by atoms with Crippen molar-refractivity contribution in [3.63, 3.8) is 0 Å². The lowest BCUT2D eigenvalue weighted by Gasteiger charge is -2.41. The molecule has 7 nitrogen and oxygen atoms in total. The lowest BCUT2D eigenvalue weighted by Crippen LogP contribution is -2.45. The van der Waals surface area contributed by atoms with E-state index in [2.05, 4.69) is 21.7 Å². The Morgan fingerprint density at radius 2 is 1.87 bits per heavy atom. The van der Waals surface area contributed by atoms with Crippen LogP contribution in [0, 0.1) is 18.2 Å². The van der Waals surface area contributed by atoms with E-state index in [-0.39, 0.29) is 29.1 Å². The summed E-state index contributed by atoms with van der Waals surface area (Å²) in [4.78, 5) is 34.3. The van der Waals surface area contributed by atoms with E-state index in [4.69, 9.17) is 4.98 Å². The van der Waals surface area contributed by atoms with Crippen LogP contribution in [0.15, 0.2) is 24.3 Å². The van der Waals surface area contributed by atoms with E-state index >= 15 is 0 Å². The highest BCUT2D eigenvalue weighted by Crippen LogP contribution is 2.43. The smallest absolute Gasteiger partial charge is 0.228 e. The van der Waals surface area contributed by atoms with E-state index in [1.165, 1.54) is 37.6 Å². The molecule has 0 spiro atoms. The Bertz CT molecular complexity index is 1190. The standard InChI is InChI=1S/C30H42FN5O2/c1-19-32-27-18-34(29(38)30(3,4)5)13-12-28(27)36(19)25-16-23-9-10-24(17-25)35(23)14-11-26(33-20(2)37)21-7-6-8-22(31)15-21/h6-8,15,23-26H,9-14,16-18H2,1-5H3,(H,33,37)/t23?,24?,25?,26-/m0/s1. The number of fused-ring (bicyclic) bond motifs is 3. The van der Waals surface area contributed by atoms with Crippen molar-refractivity contribution in [3.8, 4) is 0 Å². The fourth-order valence-electron chi connectivity index (χ4n) is 7.06. The number of carbonyl (C=O) groups is 2. The fraction of sp³-hybridized carbons (Fsp3) is 0.633. The van der Waals surface area contributed by atoms with Gasteiger partial charge >= 0.3 is 0 Å². The van der Waals surface area contributed by atoms with Gasteiger partial charge in [-0.3, -0.25) is 14.5 Å². The SMILES string of the molecule is CC(=O)N[C@@H](CCN1C2CCC1CC(n1c(C)nc3c1CCN(C(=O)C(C)(C)C)C3)C2)c1cccc(F)c1. The van der Waals surface area contributed by atoms with Gasteiger partial charge < -0.3 is 14.8 Å². The van der Waals surface area contributed by atoms with Gasteiger partial charge in [0.25, 0.3) is 0 Å². The van der Waals surface area contributed by atoms with Crippen molar-refractivity contribution in [1.82, 2.24) is 24.7 Å². The highest BCUT2D eigenvalue weighted by Gasteiger charge is 2.43. The monoisotopic (exact) mass is 523 g/mol. The molecule has 0 radical (unpaired) electrons. The molecule has 3 atom stereocenters. The molecule has 2 saturated heterocycles. The topological polar surface area (TPSA) is 70.5 Å². The highest BCUT2D eigenvalue weighted by molar-refractivity contribution is 5.81. The lowest BCUT2D eigenvalue weighted by molar-refractivity contribution is -0.140. The maximum absolute atomic E-state index is 13.9. The van der Waals surface area contributed by atoms with Gasteiger partial charge in [0.1, 0.15) is 11.6 Å². The van der Waals surface area contributed by atoms with Gasteiger partial charge in [-0.1, -0.05) is 32.9 Å². The third kappa shape index (κ3) is 5.37. The molecule has 8 heteroatoms. The molecule has 4 heterocycles. The Hall–Kier alpha value is -2.74. The Morgan fingerprint density at radius 1 is 1.16 bits per heavy atom. The number of hydrogen-bond donors (Lipinski definition) is 1. The number of piperidine rings is 1. The van der Waals surface area contributed by atoms with Crippen molar-refractivity contribution in [2.24, 2.45) is 5.41 Å². The number of hydrogen-bond acceptors (Lipinski definition) is 4. The third-order valence-corrected chi connectivity index (χ3v) is 8.69. The molecule has 38 heavy (non-hydrogen) atoms. The molecule has 5 rings (SSSR count). The largest absolute Gasteiger partial charge is 0.349 e. The number of amides is 2.